The van der Waals surface area contributed by atoms with Crippen molar-refractivity contribution in [3.8, 4) is 0 Å². The maximum atomic E-state index is 11.3. The first-order valence-corrected chi connectivity index (χ1v) is 4.81. The van der Waals surface area contributed by atoms with Crippen molar-refractivity contribution >= 4 is 29.7 Å². The zero-order chi connectivity index (χ0) is 14.2. The van der Waals surface area contributed by atoms with E-state index in [1.807, 2.05) is 0 Å². The molecule has 0 saturated heterocycles. The molecule has 0 saturated carbocycles. The van der Waals surface area contributed by atoms with Crippen molar-refractivity contribution in [2.75, 3.05) is 4.90 Å². The lowest BCUT2D eigenvalue weighted by molar-refractivity contribution is 0.0696. The van der Waals surface area contributed by atoms with Gasteiger partial charge in [-0.25, -0.2) is 24.1 Å². The SMILES string of the molecule is O=C(O)c1cc(C(=O)O)cc(N2C(=O)N=NC2=O)c1. The molecule has 1 aromatic rings. The van der Waals surface area contributed by atoms with Crippen LogP contribution >= 0.6 is 0 Å². The minimum absolute atomic E-state index is 0.211. The van der Waals surface area contributed by atoms with E-state index in [4.69, 9.17) is 10.2 Å². The Morgan fingerprint density at radius 1 is 0.895 bits per heavy atom. The van der Waals surface area contributed by atoms with Crippen LogP contribution in [0.2, 0.25) is 0 Å². The van der Waals surface area contributed by atoms with Crippen LogP contribution in [-0.2, 0) is 0 Å². The predicted octanol–water partition coefficient (Wildman–Crippen LogP) is 1.60. The van der Waals surface area contributed by atoms with Crippen LogP contribution in [0.15, 0.2) is 28.4 Å². The molecule has 0 spiro atoms. The summed E-state index contributed by atoms with van der Waals surface area (Å²) in [5.74, 6) is -2.78. The number of carboxylic acid groups (broad SMARTS) is 2. The van der Waals surface area contributed by atoms with Crippen LogP contribution in [0.1, 0.15) is 20.7 Å². The summed E-state index contributed by atoms with van der Waals surface area (Å²) in [6.07, 6.45) is 0. The molecule has 0 aromatic heterocycles. The number of azo groups is 1. The fourth-order valence-corrected chi connectivity index (χ4v) is 1.46. The summed E-state index contributed by atoms with van der Waals surface area (Å²) in [4.78, 5) is 44.8. The number of nitrogens with zero attached hydrogens (tertiary/aromatic N) is 3. The van der Waals surface area contributed by atoms with E-state index in [0.29, 0.717) is 4.90 Å². The molecule has 1 aromatic carbocycles. The van der Waals surface area contributed by atoms with Crippen molar-refractivity contribution in [2.45, 2.75) is 0 Å². The number of aromatic carboxylic acids is 2. The molecule has 0 bridgehead atoms. The molecule has 9 heteroatoms. The van der Waals surface area contributed by atoms with E-state index < -0.39 is 24.0 Å². The average Bonchev–Trinajstić information content (AvgIpc) is 2.68. The van der Waals surface area contributed by atoms with Gasteiger partial charge in [-0.3, -0.25) is 0 Å². The molecule has 19 heavy (non-hydrogen) atoms. The fraction of sp³-hybridized carbons (Fsp3) is 0. The summed E-state index contributed by atoms with van der Waals surface area (Å²) in [5, 5.41) is 23.7. The largest absolute Gasteiger partial charge is 0.478 e. The standard InChI is InChI=1S/C10H5N3O6/c14-7(15)4-1-5(8(16)17)3-6(2-4)13-9(18)11-12-10(13)19/h1-3H,(H,14,15)(H,16,17). The molecule has 96 valence electrons. The van der Waals surface area contributed by atoms with Crippen LogP contribution < -0.4 is 4.90 Å². The number of carboxylic acids is 2. The van der Waals surface area contributed by atoms with Crippen LogP contribution in [-0.4, -0.2) is 34.2 Å². The van der Waals surface area contributed by atoms with Gasteiger partial charge in [-0.2, -0.15) is 0 Å². The first-order valence-electron chi connectivity index (χ1n) is 4.81. The Morgan fingerprint density at radius 2 is 1.32 bits per heavy atom. The van der Waals surface area contributed by atoms with E-state index in [2.05, 4.69) is 10.2 Å². The van der Waals surface area contributed by atoms with E-state index >= 15 is 0 Å². The minimum Gasteiger partial charge on any atom is -0.478 e. The van der Waals surface area contributed by atoms with Crippen LogP contribution in [0.5, 0.6) is 0 Å². The number of benzene rings is 1. The molecule has 2 rings (SSSR count). The van der Waals surface area contributed by atoms with Gasteiger partial charge in [0.05, 0.1) is 16.8 Å². The summed E-state index contributed by atoms with van der Waals surface area (Å²) in [5.41, 5.74) is -0.956. The molecule has 1 aliphatic rings. The second-order valence-corrected chi connectivity index (χ2v) is 3.48. The lowest BCUT2D eigenvalue weighted by Gasteiger charge is -2.12. The number of rotatable bonds is 3. The van der Waals surface area contributed by atoms with Crippen molar-refractivity contribution in [2.24, 2.45) is 10.2 Å². The zero-order valence-electron chi connectivity index (χ0n) is 9.10. The third-order valence-corrected chi connectivity index (χ3v) is 2.27. The highest BCUT2D eigenvalue weighted by molar-refractivity contribution is 6.18. The maximum Gasteiger partial charge on any atom is 0.375 e. The Kier molecular flexibility index (Phi) is 2.79. The van der Waals surface area contributed by atoms with E-state index in [9.17, 15) is 19.2 Å². The number of hydrogen-bond acceptors (Lipinski definition) is 4. The molecule has 0 fully saturated rings. The van der Waals surface area contributed by atoms with Crippen LogP contribution in [0.4, 0.5) is 15.3 Å². The summed E-state index contributed by atoms with van der Waals surface area (Å²) in [7, 11) is 0. The van der Waals surface area contributed by atoms with Gasteiger partial charge in [0.2, 0.25) is 0 Å². The lowest BCUT2D eigenvalue weighted by Crippen LogP contribution is -2.28. The number of anilines is 1. The molecule has 1 heterocycles. The van der Waals surface area contributed by atoms with E-state index in [1.165, 1.54) is 0 Å². The maximum absolute atomic E-state index is 11.3. The Morgan fingerprint density at radius 3 is 1.68 bits per heavy atom. The van der Waals surface area contributed by atoms with Gasteiger partial charge in [0, 0.05) is 0 Å². The Hall–Kier alpha value is -3.10. The fourth-order valence-electron chi connectivity index (χ4n) is 1.46. The highest BCUT2D eigenvalue weighted by Gasteiger charge is 2.30. The molecule has 0 atom stereocenters. The zero-order valence-corrected chi connectivity index (χ0v) is 9.10. The van der Waals surface area contributed by atoms with Crippen molar-refractivity contribution in [3.63, 3.8) is 0 Å². The Balaban J connectivity index is 2.57. The first kappa shape index (κ1) is 12.4. The molecule has 0 aliphatic carbocycles. The normalized spacial score (nSPS) is 14.0. The van der Waals surface area contributed by atoms with Gasteiger partial charge in [-0.15, -0.1) is 0 Å². The summed E-state index contributed by atoms with van der Waals surface area (Å²) in [6.45, 7) is 0. The molecule has 2 N–H and O–H groups in total. The predicted molar refractivity (Wildman–Crippen MR) is 58.5 cm³/mol. The van der Waals surface area contributed by atoms with E-state index in [-0.39, 0.29) is 16.8 Å². The smallest absolute Gasteiger partial charge is 0.375 e. The third-order valence-electron chi connectivity index (χ3n) is 2.27. The van der Waals surface area contributed by atoms with Crippen molar-refractivity contribution in [1.82, 2.24) is 0 Å². The minimum atomic E-state index is -1.39. The molecule has 4 amide bonds. The van der Waals surface area contributed by atoms with Gasteiger partial charge in [0.15, 0.2) is 0 Å². The lowest BCUT2D eigenvalue weighted by atomic mass is 10.1. The van der Waals surface area contributed by atoms with Crippen molar-refractivity contribution < 1.29 is 29.4 Å². The van der Waals surface area contributed by atoms with Gasteiger partial charge in [0.25, 0.3) is 0 Å². The monoisotopic (exact) mass is 263 g/mol. The average molecular weight is 263 g/mol. The van der Waals surface area contributed by atoms with Crippen LogP contribution in [0, 0.1) is 0 Å². The Labute approximate surface area is 104 Å². The van der Waals surface area contributed by atoms with Crippen molar-refractivity contribution in [1.29, 1.82) is 0 Å². The second-order valence-electron chi connectivity index (χ2n) is 3.48. The molecule has 0 radical (unpaired) electrons. The number of amides is 4. The Bertz CT molecular complexity index is 600. The van der Waals surface area contributed by atoms with Crippen LogP contribution in [0.3, 0.4) is 0 Å². The van der Waals surface area contributed by atoms with Gasteiger partial charge in [-0.1, -0.05) is 10.2 Å². The van der Waals surface area contributed by atoms with Crippen molar-refractivity contribution in [3.05, 3.63) is 29.3 Å². The molecular weight excluding hydrogens is 258 g/mol. The van der Waals surface area contributed by atoms with Gasteiger partial charge < -0.3 is 10.2 Å². The van der Waals surface area contributed by atoms with Gasteiger partial charge >= 0.3 is 24.0 Å². The molecule has 0 unspecified atom stereocenters. The highest BCUT2D eigenvalue weighted by atomic mass is 16.4. The van der Waals surface area contributed by atoms with E-state index in [0.717, 1.165) is 18.2 Å². The summed E-state index contributed by atoms with van der Waals surface area (Å²) >= 11 is 0. The van der Waals surface area contributed by atoms with Crippen LogP contribution in [0.25, 0.3) is 0 Å². The van der Waals surface area contributed by atoms with Gasteiger partial charge in [0.1, 0.15) is 0 Å². The second kappa shape index (κ2) is 4.29. The van der Waals surface area contributed by atoms with E-state index in [1.54, 1.807) is 0 Å². The number of carbonyl (C=O) groups is 4. The molecule has 9 nitrogen and oxygen atoms in total. The number of carbonyl (C=O) groups excluding carboxylic acids is 2. The first-order chi connectivity index (χ1) is 8.90. The third kappa shape index (κ3) is 2.16. The van der Waals surface area contributed by atoms with Gasteiger partial charge in [-0.05, 0) is 18.2 Å². The molecular formula is C10H5N3O6. The quantitative estimate of drug-likeness (QED) is 0.849. The highest BCUT2D eigenvalue weighted by Crippen LogP contribution is 2.24. The number of urea groups is 2. The number of hydrogen-bond donors (Lipinski definition) is 2. The summed E-state index contributed by atoms with van der Waals surface area (Å²) < 4.78 is 0. The summed E-state index contributed by atoms with van der Waals surface area (Å²) in [6, 6.07) is 0.864. The molecule has 1 aliphatic heterocycles. The number of imide groups is 1. The topological polar surface area (TPSA) is 137 Å².